The molecule has 1 aromatic heterocycles. The van der Waals surface area contributed by atoms with Gasteiger partial charge in [-0.2, -0.15) is 0 Å². The lowest BCUT2D eigenvalue weighted by molar-refractivity contribution is 0.531. The number of hydrogen-bond donors (Lipinski definition) is 0. The van der Waals surface area contributed by atoms with Crippen LogP contribution in [0.4, 0.5) is 0 Å². The molecule has 230 valence electrons. The van der Waals surface area contributed by atoms with Gasteiger partial charge >= 0.3 is 0 Å². The Morgan fingerprint density at radius 3 is 0.974 bits per heavy atom. The van der Waals surface area contributed by atoms with E-state index in [9.17, 15) is 0 Å². The molecule has 0 unspecified atom stereocenters. The highest BCUT2D eigenvalue weighted by atomic mass is 32.1. The van der Waals surface area contributed by atoms with Crippen molar-refractivity contribution in [2.45, 2.75) is 219 Å². The van der Waals surface area contributed by atoms with Crippen LogP contribution in [-0.2, 0) is 12.8 Å². The molecular weight excluding hydrogens is 488 g/mol. The highest BCUT2D eigenvalue weighted by Crippen LogP contribution is 2.23. The molecule has 0 N–H and O–H groups in total. The fourth-order valence-electron chi connectivity index (χ4n) is 6.15. The molecule has 0 amide bonds. The van der Waals surface area contributed by atoms with Crippen molar-refractivity contribution >= 4 is 11.3 Å². The Hall–Kier alpha value is -0.300. The second-order valence-corrected chi connectivity index (χ2v) is 13.8. The van der Waals surface area contributed by atoms with Crippen LogP contribution in [0.2, 0.25) is 0 Å². The Bertz CT molecular complexity index is 525. The summed E-state index contributed by atoms with van der Waals surface area (Å²) in [6.45, 7) is 4.62. The molecule has 0 atom stereocenters. The molecule has 0 aromatic carbocycles. The van der Waals surface area contributed by atoms with Crippen LogP contribution < -0.4 is 0 Å². The Balaban J connectivity index is 1.83. The molecule has 0 nitrogen and oxygen atoms in total. The van der Waals surface area contributed by atoms with E-state index in [1.165, 1.54) is 205 Å². The van der Waals surface area contributed by atoms with E-state index in [0.29, 0.717) is 0 Å². The van der Waals surface area contributed by atoms with Crippen molar-refractivity contribution in [1.29, 1.82) is 0 Å². The van der Waals surface area contributed by atoms with Gasteiger partial charge in [0, 0.05) is 4.88 Å². The first-order valence-corrected chi connectivity index (χ1v) is 19.3. The predicted octanol–water partition coefficient (Wildman–Crippen LogP) is 14.6. The zero-order valence-corrected chi connectivity index (χ0v) is 28.0. The minimum absolute atomic E-state index is 1.33. The van der Waals surface area contributed by atoms with Crippen molar-refractivity contribution < 1.29 is 0 Å². The molecule has 1 heterocycles. The fourth-order valence-corrected chi connectivity index (χ4v) is 7.13. The first kappa shape index (κ1) is 36.7. The van der Waals surface area contributed by atoms with E-state index in [-0.39, 0.29) is 0 Å². The summed E-state index contributed by atoms with van der Waals surface area (Å²) in [5.74, 6) is 0. The number of aryl methyl sites for hydroxylation is 2. The summed E-state index contributed by atoms with van der Waals surface area (Å²) in [5.41, 5.74) is 1.68. The van der Waals surface area contributed by atoms with Crippen molar-refractivity contribution in [3.05, 3.63) is 21.9 Å². The maximum Gasteiger partial charge on any atom is 0.00772 e. The first-order valence-electron chi connectivity index (χ1n) is 18.4. The van der Waals surface area contributed by atoms with Crippen LogP contribution in [0.1, 0.15) is 217 Å². The zero-order valence-electron chi connectivity index (χ0n) is 27.2. The molecule has 1 rings (SSSR count). The standard InChI is InChI=1S/C38H72S/c1-3-5-7-9-11-13-15-17-19-21-23-25-27-29-31-33-37-35-36-39-38(37)34-32-30-28-26-24-22-20-18-16-14-12-10-8-6-4-2/h35-36H,3-34H2,1-2H3. The van der Waals surface area contributed by atoms with Gasteiger partial charge in [-0.25, -0.2) is 0 Å². The van der Waals surface area contributed by atoms with E-state index in [1.807, 2.05) is 11.3 Å². The van der Waals surface area contributed by atoms with Crippen LogP contribution in [-0.4, -0.2) is 0 Å². The van der Waals surface area contributed by atoms with E-state index in [2.05, 4.69) is 25.3 Å². The highest BCUT2D eigenvalue weighted by molar-refractivity contribution is 7.10. The molecule has 0 aliphatic carbocycles. The van der Waals surface area contributed by atoms with Gasteiger partial charge in [0.15, 0.2) is 0 Å². The van der Waals surface area contributed by atoms with Crippen molar-refractivity contribution in [1.82, 2.24) is 0 Å². The van der Waals surface area contributed by atoms with E-state index in [1.54, 1.807) is 10.4 Å². The summed E-state index contributed by atoms with van der Waals surface area (Å²) in [6, 6.07) is 2.43. The molecule has 39 heavy (non-hydrogen) atoms. The lowest BCUT2D eigenvalue weighted by Crippen LogP contribution is -1.91. The van der Waals surface area contributed by atoms with Crippen molar-refractivity contribution in [3.8, 4) is 0 Å². The van der Waals surface area contributed by atoms with E-state index in [0.717, 1.165) is 0 Å². The van der Waals surface area contributed by atoms with Crippen molar-refractivity contribution in [2.24, 2.45) is 0 Å². The minimum atomic E-state index is 1.33. The molecule has 0 bridgehead atoms. The van der Waals surface area contributed by atoms with Crippen LogP contribution in [0.5, 0.6) is 0 Å². The third-order valence-electron chi connectivity index (χ3n) is 8.89. The average molecular weight is 561 g/mol. The summed E-state index contributed by atoms with van der Waals surface area (Å²) in [4.78, 5) is 1.70. The molecule has 0 aliphatic heterocycles. The van der Waals surface area contributed by atoms with E-state index >= 15 is 0 Å². The Morgan fingerprint density at radius 2 is 0.641 bits per heavy atom. The van der Waals surface area contributed by atoms with Crippen LogP contribution in [0.3, 0.4) is 0 Å². The largest absolute Gasteiger partial charge is 0.149 e. The maximum atomic E-state index is 2.43. The number of rotatable bonds is 32. The summed E-state index contributed by atoms with van der Waals surface area (Å²) >= 11 is 2.02. The molecule has 0 aliphatic rings. The molecule has 0 fully saturated rings. The first-order chi connectivity index (χ1) is 19.4. The van der Waals surface area contributed by atoms with Gasteiger partial charge in [0.2, 0.25) is 0 Å². The number of hydrogen-bond acceptors (Lipinski definition) is 1. The third-order valence-corrected chi connectivity index (χ3v) is 9.92. The Morgan fingerprint density at radius 1 is 0.359 bits per heavy atom. The Kier molecular flexibility index (Phi) is 28.9. The monoisotopic (exact) mass is 561 g/mol. The third kappa shape index (κ3) is 25.2. The fraction of sp³-hybridized carbons (Fsp3) is 0.895. The van der Waals surface area contributed by atoms with Crippen molar-refractivity contribution in [2.75, 3.05) is 0 Å². The van der Waals surface area contributed by atoms with Gasteiger partial charge in [0.1, 0.15) is 0 Å². The normalized spacial score (nSPS) is 11.5. The second-order valence-electron chi connectivity index (χ2n) is 12.8. The zero-order chi connectivity index (χ0) is 27.9. The van der Waals surface area contributed by atoms with Gasteiger partial charge in [0.05, 0.1) is 0 Å². The van der Waals surface area contributed by atoms with Crippen molar-refractivity contribution in [3.63, 3.8) is 0 Å². The van der Waals surface area contributed by atoms with Crippen LogP contribution in [0.15, 0.2) is 11.4 Å². The molecular formula is C38H72S. The molecule has 0 radical (unpaired) electrons. The van der Waals surface area contributed by atoms with Gasteiger partial charge in [-0.15, -0.1) is 11.3 Å². The maximum absolute atomic E-state index is 2.43. The molecule has 0 saturated carbocycles. The van der Waals surface area contributed by atoms with Gasteiger partial charge in [-0.1, -0.05) is 194 Å². The summed E-state index contributed by atoms with van der Waals surface area (Å²) in [7, 11) is 0. The quantitative estimate of drug-likeness (QED) is 0.0768. The topological polar surface area (TPSA) is 0 Å². The van der Waals surface area contributed by atoms with Gasteiger partial charge in [-0.3, -0.25) is 0 Å². The Labute approximate surface area is 251 Å². The molecule has 1 aromatic rings. The van der Waals surface area contributed by atoms with E-state index < -0.39 is 0 Å². The number of unbranched alkanes of at least 4 members (excludes halogenated alkanes) is 28. The van der Waals surface area contributed by atoms with Crippen LogP contribution >= 0.6 is 11.3 Å². The predicted molar refractivity (Wildman–Crippen MR) is 182 cm³/mol. The van der Waals surface area contributed by atoms with Gasteiger partial charge in [-0.05, 0) is 42.7 Å². The average Bonchev–Trinajstić information content (AvgIpc) is 3.40. The molecule has 0 saturated heterocycles. The second kappa shape index (κ2) is 30.7. The highest BCUT2D eigenvalue weighted by Gasteiger charge is 2.04. The smallest absolute Gasteiger partial charge is 0.00772 e. The molecule has 0 spiro atoms. The number of thiophene rings is 1. The van der Waals surface area contributed by atoms with Crippen LogP contribution in [0, 0.1) is 0 Å². The van der Waals surface area contributed by atoms with Gasteiger partial charge in [0.25, 0.3) is 0 Å². The lowest BCUT2D eigenvalue weighted by atomic mass is 10.0. The van der Waals surface area contributed by atoms with Crippen LogP contribution in [0.25, 0.3) is 0 Å². The summed E-state index contributed by atoms with van der Waals surface area (Å²) in [5, 5.41) is 2.35. The van der Waals surface area contributed by atoms with E-state index in [4.69, 9.17) is 0 Å². The summed E-state index contributed by atoms with van der Waals surface area (Å²) in [6.07, 6.45) is 46.4. The lowest BCUT2D eigenvalue weighted by Gasteiger charge is -2.06. The molecule has 1 heteroatoms. The minimum Gasteiger partial charge on any atom is -0.149 e. The SMILES string of the molecule is CCCCCCCCCCCCCCCCCc1ccsc1CCCCCCCCCCCCCCCCC. The van der Waals surface area contributed by atoms with Gasteiger partial charge < -0.3 is 0 Å². The summed E-state index contributed by atoms with van der Waals surface area (Å²) < 4.78 is 0.